The zero-order valence-electron chi connectivity index (χ0n) is 15.3. The number of nitrogens with zero attached hydrogens (tertiary/aromatic N) is 2. The number of imidazole rings is 1. The first-order chi connectivity index (χ1) is 13.7. The predicted molar refractivity (Wildman–Crippen MR) is 99.9 cm³/mol. The van der Waals surface area contributed by atoms with Crippen LogP contribution in [0, 0.1) is 5.92 Å². The number of halogens is 1. The molecule has 0 unspecified atom stereocenters. The smallest absolute Gasteiger partial charge is 0.296 e. The quantitative estimate of drug-likeness (QED) is 0.666. The molecule has 0 saturated carbocycles. The van der Waals surface area contributed by atoms with Crippen LogP contribution in [0.5, 0.6) is 11.9 Å². The first kappa shape index (κ1) is 18.4. The van der Waals surface area contributed by atoms with Gasteiger partial charge in [-0.3, -0.25) is 0 Å². The van der Waals surface area contributed by atoms with Crippen molar-refractivity contribution in [2.24, 2.45) is 5.92 Å². The highest BCUT2D eigenvalue weighted by molar-refractivity contribution is 6.32. The molecule has 152 valence electrons. The third kappa shape index (κ3) is 3.53. The Kier molecular flexibility index (Phi) is 5.02. The van der Waals surface area contributed by atoms with Crippen LogP contribution in [-0.2, 0) is 9.47 Å². The van der Waals surface area contributed by atoms with Gasteiger partial charge in [-0.1, -0.05) is 11.6 Å². The summed E-state index contributed by atoms with van der Waals surface area (Å²) in [5, 5.41) is 13.6. The number of ether oxygens (including phenoxy) is 4. The molecule has 2 aromatic rings. The number of aliphatic hydroxyl groups excluding tert-OH is 1. The van der Waals surface area contributed by atoms with Gasteiger partial charge in [0.1, 0.15) is 23.3 Å². The number of aromatic nitrogens is 3. The maximum absolute atomic E-state index is 9.83. The van der Waals surface area contributed by atoms with Crippen LogP contribution in [0.1, 0.15) is 12.8 Å². The Hall–Kier alpha value is -1.65. The van der Waals surface area contributed by atoms with Gasteiger partial charge in [-0.2, -0.15) is 9.97 Å². The number of piperidine rings is 1. The van der Waals surface area contributed by atoms with E-state index in [9.17, 15) is 5.11 Å². The number of aromatic amines is 1. The Morgan fingerprint density at radius 1 is 1.18 bits per heavy atom. The van der Waals surface area contributed by atoms with Crippen molar-refractivity contribution in [1.29, 1.82) is 0 Å². The number of rotatable bonds is 5. The monoisotopic (exact) mass is 410 g/mol. The van der Waals surface area contributed by atoms with E-state index >= 15 is 0 Å². The molecule has 0 bridgehead atoms. The lowest BCUT2D eigenvalue weighted by Crippen LogP contribution is -2.34. The van der Waals surface area contributed by atoms with E-state index in [0.717, 1.165) is 25.9 Å². The van der Waals surface area contributed by atoms with Crippen LogP contribution in [0.3, 0.4) is 0 Å². The Balaban J connectivity index is 1.28. The molecule has 3 aliphatic rings. The molecule has 5 rings (SSSR count). The largest absolute Gasteiger partial charge is 0.476 e. The summed E-state index contributed by atoms with van der Waals surface area (Å²) in [6, 6.07) is 2.05. The van der Waals surface area contributed by atoms with Crippen molar-refractivity contribution in [3.63, 3.8) is 0 Å². The van der Waals surface area contributed by atoms with Gasteiger partial charge in [0.05, 0.1) is 25.3 Å². The Morgan fingerprint density at radius 2 is 2.00 bits per heavy atom. The minimum absolute atomic E-state index is 0.254. The average molecular weight is 411 g/mol. The summed E-state index contributed by atoms with van der Waals surface area (Å²) < 4.78 is 22.9. The van der Waals surface area contributed by atoms with Crippen molar-refractivity contribution >= 4 is 22.8 Å². The second kappa shape index (κ2) is 7.64. The molecular weight excluding hydrogens is 388 g/mol. The lowest BCUT2D eigenvalue weighted by atomic mass is 9.99. The summed E-state index contributed by atoms with van der Waals surface area (Å²) in [5.41, 5.74) is 1.14. The highest BCUT2D eigenvalue weighted by atomic mass is 35.5. The van der Waals surface area contributed by atoms with Crippen LogP contribution in [0.15, 0.2) is 6.07 Å². The molecule has 2 aromatic heterocycles. The molecule has 0 aromatic carbocycles. The van der Waals surface area contributed by atoms with Gasteiger partial charge in [-0.15, -0.1) is 0 Å². The van der Waals surface area contributed by atoms with Crippen molar-refractivity contribution in [3.8, 4) is 11.9 Å². The molecule has 4 atom stereocenters. The van der Waals surface area contributed by atoms with Gasteiger partial charge in [-0.25, -0.2) is 0 Å². The minimum atomic E-state index is -0.616. The van der Waals surface area contributed by atoms with Crippen LogP contribution < -0.4 is 14.8 Å². The first-order valence-electron chi connectivity index (χ1n) is 9.65. The Morgan fingerprint density at radius 3 is 2.86 bits per heavy atom. The minimum Gasteiger partial charge on any atom is -0.476 e. The molecular formula is C18H23ClN4O5. The van der Waals surface area contributed by atoms with Crippen molar-refractivity contribution in [1.82, 2.24) is 20.3 Å². The molecule has 0 amide bonds. The summed E-state index contributed by atoms with van der Waals surface area (Å²) in [5.74, 6) is 0.891. The van der Waals surface area contributed by atoms with Crippen LogP contribution in [0.4, 0.5) is 0 Å². The SMILES string of the molecule is O[C@@H]1CO[C@H]2[C@@H]1OC[C@H]2Oc1nc2nc(OCC3CCNCC3)c(Cl)cc2[nH]1. The molecule has 3 aliphatic heterocycles. The topological polar surface area (TPSA) is 111 Å². The molecule has 10 heteroatoms. The summed E-state index contributed by atoms with van der Waals surface area (Å²) in [6.45, 7) is 3.21. The van der Waals surface area contributed by atoms with Crippen LogP contribution in [0.2, 0.25) is 5.02 Å². The number of hydrogen-bond acceptors (Lipinski definition) is 8. The van der Waals surface area contributed by atoms with Crippen molar-refractivity contribution < 1.29 is 24.1 Å². The molecule has 28 heavy (non-hydrogen) atoms. The second-order valence-corrected chi connectivity index (χ2v) is 7.92. The third-order valence-electron chi connectivity index (χ3n) is 5.53. The summed E-state index contributed by atoms with van der Waals surface area (Å²) >= 11 is 6.33. The van der Waals surface area contributed by atoms with E-state index in [4.69, 9.17) is 30.5 Å². The van der Waals surface area contributed by atoms with Gasteiger partial charge in [0, 0.05) is 0 Å². The van der Waals surface area contributed by atoms with E-state index in [1.54, 1.807) is 6.07 Å². The number of nitrogens with one attached hydrogen (secondary N) is 2. The molecule has 0 spiro atoms. The normalized spacial score (nSPS) is 30.6. The second-order valence-electron chi connectivity index (χ2n) is 7.51. The fraction of sp³-hybridized carbons (Fsp3) is 0.667. The van der Waals surface area contributed by atoms with Crippen LogP contribution in [-0.4, -0.2) is 77.4 Å². The lowest BCUT2D eigenvalue weighted by molar-refractivity contribution is 0.00706. The molecule has 5 heterocycles. The average Bonchev–Trinajstić information content (AvgIpc) is 3.38. The molecule has 0 radical (unpaired) electrons. The third-order valence-corrected chi connectivity index (χ3v) is 5.80. The van der Waals surface area contributed by atoms with Gasteiger partial charge in [0.2, 0.25) is 5.88 Å². The van der Waals surface area contributed by atoms with Crippen molar-refractivity contribution in [3.05, 3.63) is 11.1 Å². The zero-order chi connectivity index (χ0) is 19.1. The van der Waals surface area contributed by atoms with Gasteiger partial charge in [-0.05, 0) is 37.9 Å². The Labute approximate surface area is 166 Å². The maximum Gasteiger partial charge on any atom is 0.296 e. The van der Waals surface area contributed by atoms with Crippen molar-refractivity contribution in [2.45, 2.75) is 37.3 Å². The van der Waals surface area contributed by atoms with Gasteiger partial charge in [0.25, 0.3) is 6.01 Å². The fourth-order valence-corrected chi connectivity index (χ4v) is 4.18. The highest BCUT2D eigenvalue weighted by Gasteiger charge is 2.48. The van der Waals surface area contributed by atoms with Gasteiger partial charge < -0.3 is 34.4 Å². The van der Waals surface area contributed by atoms with Crippen LogP contribution in [0.25, 0.3) is 11.2 Å². The van der Waals surface area contributed by atoms with Gasteiger partial charge >= 0.3 is 0 Å². The number of hydrogen-bond donors (Lipinski definition) is 3. The first-order valence-corrected chi connectivity index (χ1v) is 10.0. The highest BCUT2D eigenvalue weighted by Crippen LogP contribution is 2.31. The number of aliphatic hydroxyl groups is 1. The van der Waals surface area contributed by atoms with E-state index < -0.39 is 6.10 Å². The molecule has 3 saturated heterocycles. The molecule has 3 fully saturated rings. The van der Waals surface area contributed by atoms with E-state index in [0.29, 0.717) is 47.2 Å². The summed E-state index contributed by atoms with van der Waals surface area (Å²) in [7, 11) is 0. The summed E-state index contributed by atoms with van der Waals surface area (Å²) in [6.07, 6.45) is 0.564. The molecule has 9 nitrogen and oxygen atoms in total. The maximum atomic E-state index is 9.83. The molecule has 3 N–H and O–H groups in total. The Bertz CT molecular complexity index is 843. The van der Waals surface area contributed by atoms with E-state index in [1.165, 1.54) is 0 Å². The number of H-pyrrole nitrogens is 1. The van der Waals surface area contributed by atoms with E-state index in [-0.39, 0.29) is 24.9 Å². The number of fused-ring (bicyclic) bond motifs is 2. The zero-order valence-corrected chi connectivity index (χ0v) is 16.0. The van der Waals surface area contributed by atoms with Gasteiger partial charge in [0.15, 0.2) is 11.8 Å². The van der Waals surface area contributed by atoms with Crippen LogP contribution >= 0.6 is 11.6 Å². The predicted octanol–water partition coefficient (Wildman–Crippen LogP) is 0.896. The summed E-state index contributed by atoms with van der Waals surface area (Å²) in [4.78, 5) is 11.9. The molecule has 0 aliphatic carbocycles. The lowest BCUT2D eigenvalue weighted by Gasteiger charge is -2.22. The van der Waals surface area contributed by atoms with E-state index in [1.807, 2.05) is 0 Å². The van der Waals surface area contributed by atoms with E-state index in [2.05, 4.69) is 20.3 Å². The number of pyridine rings is 1. The fourth-order valence-electron chi connectivity index (χ4n) is 3.97. The standard InChI is InChI=1S/C18H23ClN4O5/c19-10-5-11-16(22-17(10)27-6-9-1-3-20-4-2-9)23-18(21-11)28-13-8-26-14-12(24)7-25-15(13)14/h5,9,12-15,20,24H,1-4,6-8H2,(H,21,22,23)/t12-,13-,14-,15-/m1/s1. The van der Waals surface area contributed by atoms with Crippen molar-refractivity contribution in [2.75, 3.05) is 32.9 Å².